The highest BCUT2D eigenvalue weighted by Gasteiger charge is 2.25. The molecular formula is C28H30N4O6S. The van der Waals surface area contributed by atoms with Crippen LogP contribution in [0.4, 0.5) is 11.4 Å². The van der Waals surface area contributed by atoms with Crippen molar-refractivity contribution in [3.05, 3.63) is 54.7 Å². The number of benzene rings is 2. The van der Waals surface area contributed by atoms with Gasteiger partial charge in [-0.2, -0.15) is 0 Å². The van der Waals surface area contributed by atoms with Gasteiger partial charge in [0.2, 0.25) is 24.5 Å². The van der Waals surface area contributed by atoms with E-state index in [0.29, 0.717) is 22.9 Å². The van der Waals surface area contributed by atoms with Gasteiger partial charge in [0.1, 0.15) is 18.1 Å². The number of fused-ring (bicyclic) bond motifs is 2. The van der Waals surface area contributed by atoms with Gasteiger partial charge in [-0.05, 0) is 37.1 Å². The number of nitrogens with one attached hydrogen (secondary N) is 2. The van der Waals surface area contributed by atoms with Crippen LogP contribution in [-0.4, -0.2) is 57.8 Å². The second-order valence-corrected chi connectivity index (χ2v) is 11.1. The molecule has 5 rings (SSSR count). The average Bonchev–Trinajstić information content (AvgIpc) is 3.40. The van der Waals surface area contributed by atoms with E-state index in [0.717, 1.165) is 43.0 Å². The SMILES string of the molecule is O=C(CS(=O)CC(=O)N(CC(=O)NC1CCCCC1)c1cnc2ccccc2c1)Nc1ccc2c(c1)OCO2. The van der Waals surface area contributed by atoms with Crippen LogP contribution in [0.15, 0.2) is 54.7 Å². The number of para-hydroxylation sites is 1. The van der Waals surface area contributed by atoms with E-state index in [4.69, 9.17) is 9.47 Å². The zero-order chi connectivity index (χ0) is 27.2. The standard InChI is InChI=1S/C28H30N4O6S/c33-26(30-20-7-2-1-3-8-20)15-32(22-12-19-6-4-5-9-23(19)29-14-22)28(35)17-39(36)16-27(34)31-21-10-11-24-25(13-21)38-18-37-24/h4-6,9-14,20H,1-3,7-8,15-18H2,(H,30,33)(H,31,34). The van der Waals surface area contributed by atoms with Gasteiger partial charge in [0.25, 0.3) is 0 Å². The van der Waals surface area contributed by atoms with E-state index in [1.807, 2.05) is 24.3 Å². The zero-order valence-corrected chi connectivity index (χ0v) is 22.2. The molecular weight excluding hydrogens is 520 g/mol. The maximum absolute atomic E-state index is 13.3. The lowest BCUT2D eigenvalue weighted by Crippen LogP contribution is -2.46. The Kier molecular flexibility index (Phi) is 8.36. The van der Waals surface area contributed by atoms with Crippen molar-refractivity contribution in [2.24, 2.45) is 0 Å². The molecule has 0 saturated heterocycles. The highest BCUT2D eigenvalue weighted by Crippen LogP contribution is 2.34. The number of carbonyl (C=O) groups excluding carboxylic acids is 3. The fourth-order valence-corrected chi connectivity index (χ4v) is 5.68. The average molecular weight is 551 g/mol. The molecule has 39 heavy (non-hydrogen) atoms. The van der Waals surface area contributed by atoms with Crippen LogP contribution in [0.25, 0.3) is 10.9 Å². The summed E-state index contributed by atoms with van der Waals surface area (Å²) in [6.07, 6.45) is 6.65. The Morgan fingerprint density at radius 3 is 2.59 bits per heavy atom. The number of aromatic nitrogens is 1. The van der Waals surface area contributed by atoms with Crippen molar-refractivity contribution in [2.45, 2.75) is 38.1 Å². The number of amides is 3. The van der Waals surface area contributed by atoms with E-state index in [1.54, 1.807) is 24.3 Å². The first-order chi connectivity index (χ1) is 18.9. The van der Waals surface area contributed by atoms with Crippen molar-refractivity contribution >= 4 is 50.8 Å². The number of rotatable bonds is 9. The maximum atomic E-state index is 13.3. The molecule has 10 nitrogen and oxygen atoms in total. The predicted octanol–water partition coefficient (Wildman–Crippen LogP) is 3.13. The van der Waals surface area contributed by atoms with Crippen molar-refractivity contribution in [1.82, 2.24) is 10.3 Å². The van der Waals surface area contributed by atoms with Gasteiger partial charge in [0.15, 0.2) is 11.5 Å². The Morgan fingerprint density at radius 1 is 0.949 bits per heavy atom. The van der Waals surface area contributed by atoms with Crippen LogP contribution >= 0.6 is 0 Å². The number of ether oxygens (including phenoxy) is 2. The lowest BCUT2D eigenvalue weighted by Gasteiger charge is -2.26. The number of pyridine rings is 1. The van der Waals surface area contributed by atoms with Gasteiger partial charge in [0, 0.05) is 34.0 Å². The quantitative estimate of drug-likeness (QED) is 0.419. The van der Waals surface area contributed by atoms with Gasteiger partial charge in [-0.3, -0.25) is 23.6 Å². The Labute approximate surface area is 228 Å². The molecule has 2 N–H and O–H groups in total. The van der Waals surface area contributed by atoms with E-state index >= 15 is 0 Å². The third-order valence-corrected chi connectivity index (χ3v) is 7.85. The summed E-state index contributed by atoms with van der Waals surface area (Å²) >= 11 is 0. The number of anilines is 2. The first-order valence-corrected chi connectivity index (χ1v) is 14.4. The van der Waals surface area contributed by atoms with Gasteiger partial charge in [0.05, 0.1) is 17.4 Å². The van der Waals surface area contributed by atoms with Crippen LogP contribution in [0.2, 0.25) is 0 Å². The van der Waals surface area contributed by atoms with Crippen LogP contribution in [0.3, 0.4) is 0 Å². The summed E-state index contributed by atoms with van der Waals surface area (Å²) in [6, 6.07) is 14.3. The molecule has 1 atom stereocenters. The molecule has 2 heterocycles. The van der Waals surface area contributed by atoms with E-state index in [1.165, 1.54) is 11.1 Å². The van der Waals surface area contributed by atoms with E-state index < -0.39 is 28.4 Å². The summed E-state index contributed by atoms with van der Waals surface area (Å²) in [4.78, 5) is 44.5. The Bertz CT molecular complexity index is 1410. The molecule has 3 aromatic rings. The summed E-state index contributed by atoms with van der Waals surface area (Å²) < 4.78 is 23.4. The molecule has 1 aliphatic carbocycles. The van der Waals surface area contributed by atoms with Crippen LogP contribution in [0, 0.1) is 0 Å². The minimum atomic E-state index is -1.81. The van der Waals surface area contributed by atoms with Crippen molar-refractivity contribution in [3.63, 3.8) is 0 Å². The van der Waals surface area contributed by atoms with Gasteiger partial charge in [-0.1, -0.05) is 37.5 Å². The molecule has 2 aliphatic rings. The zero-order valence-electron chi connectivity index (χ0n) is 21.4. The van der Waals surface area contributed by atoms with Gasteiger partial charge < -0.3 is 25.0 Å². The summed E-state index contributed by atoms with van der Waals surface area (Å²) in [5.41, 5.74) is 1.65. The Morgan fingerprint density at radius 2 is 1.74 bits per heavy atom. The molecule has 0 spiro atoms. The predicted molar refractivity (Wildman–Crippen MR) is 148 cm³/mol. The smallest absolute Gasteiger partial charge is 0.240 e. The van der Waals surface area contributed by atoms with Crippen molar-refractivity contribution in [3.8, 4) is 11.5 Å². The van der Waals surface area contributed by atoms with Crippen LogP contribution in [-0.2, 0) is 25.2 Å². The fourth-order valence-electron chi connectivity index (χ4n) is 4.78. The third kappa shape index (κ3) is 6.91. The first kappa shape index (κ1) is 26.6. The second-order valence-electron chi connectivity index (χ2n) is 9.61. The number of nitrogens with zero attached hydrogens (tertiary/aromatic N) is 2. The molecule has 2 aromatic carbocycles. The molecule has 1 saturated carbocycles. The van der Waals surface area contributed by atoms with Crippen molar-refractivity contribution < 1.29 is 28.1 Å². The van der Waals surface area contributed by atoms with Crippen molar-refractivity contribution in [1.29, 1.82) is 0 Å². The fraction of sp³-hybridized carbons (Fsp3) is 0.357. The van der Waals surface area contributed by atoms with Gasteiger partial charge in [-0.25, -0.2) is 0 Å². The molecule has 0 bridgehead atoms. The van der Waals surface area contributed by atoms with Crippen LogP contribution < -0.4 is 25.0 Å². The topological polar surface area (TPSA) is 127 Å². The molecule has 3 amide bonds. The molecule has 204 valence electrons. The summed E-state index contributed by atoms with van der Waals surface area (Å²) in [7, 11) is -1.81. The first-order valence-electron chi connectivity index (χ1n) is 12.9. The minimum absolute atomic E-state index is 0.0898. The lowest BCUT2D eigenvalue weighted by atomic mass is 9.95. The normalized spacial score (nSPS) is 15.5. The van der Waals surface area contributed by atoms with E-state index in [9.17, 15) is 18.6 Å². The minimum Gasteiger partial charge on any atom is -0.454 e. The molecule has 11 heteroatoms. The summed E-state index contributed by atoms with van der Waals surface area (Å²) in [5, 5.41) is 6.51. The van der Waals surface area contributed by atoms with Gasteiger partial charge in [-0.15, -0.1) is 0 Å². The maximum Gasteiger partial charge on any atom is 0.240 e. The number of hydrogen-bond donors (Lipinski definition) is 2. The molecule has 0 radical (unpaired) electrons. The summed E-state index contributed by atoms with van der Waals surface area (Å²) in [5.74, 6) is -1.02. The molecule has 1 unspecified atom stereocenters. The van der Waals surface area contributed by atoms with Gasteiger partial charge >= 0.3 is 0 Å². The molecule has 1 aliphatic heterocycles. The van der Waals surface area contributed by atoms with Crippen LogP contribution in [0.1, 0.15) is 32.1 Å². The highest BCUT2D eigenvalue weighted by molar-refractivity contribution is 7.86. The second kappa shape index (κ2) is 12.2. The molecule has 1 aromatic heterocycles. The third-order valence-electron chi connectivity index (χ3n) is 6.69. The summed E-state index contributed by atoms with van der Waals surface area (Å²) in [6.45, 7) is -0.114. The van der Waals surface area contributed by atoms with E-state index in [-0.39, 0.29) is 31.0 Å². The number of hydrogen-bond acceptors (Lipinski definition) is 7. The van der Waals surface area contributed by atoms with E-state index in [2.05, 4.69) is 15.6 Å². The Hall–Kier alpha value is -3.99. The lowest BCUT2D eigenvalue weighted by molar-refractivity contribution is -0.123. The Balaban J connectivity index is 1.25. The monoisotopic (exact) mass is 550 g/mol. The number of carbonyl (C=O) groups is 3. The molecule has 1 fully saturated rings. The van der Waals surface area contributed by atoms with Crippen LogP contribution in [0.5, 0.6) is 11.5 Å². The largest absolute Gasteiger partial charge is 0.454 e. The highest BCUT2D eigenvalue weighted by atomic mass is 32.2. The van der Waals surface area contributed by atoms with Crippen molar-refractivity contribution in [2.75, 3.05) is 35.1 Å².